The Labute approximate surface area is 80.9 Å². The fraction of sp³-hybridized carbons (Fsp3) is 0.556. The second-order valence-corrected chi connectivity index (χ2v) is 4.09. The van der Waals surface area contributed by atoms with Gasteiger partial charge in [-0.15, -0.1) is 0 Å². The zero-order valence-electron chi connectivity index (χ0n) is 7.21. The monoisotopic (exact) mass is 228 g/mol. The summed E-state index contributed by atoms with van der Waals surface area (Å²) in [7, 11) is 0. The van der Waals surface area contributed by atoms with E-state index in [9.17, 15) is 0 Å². The van der Waals surface area contributed by atoms with Crippen LogP contribution in [-0.4, -0.2) is 11.5 Å². The van der Waals surface area contributed by atoms with Gasteiger partial charge in [0.15, 0.2) is 0 Å². The van der Waals surface area contributed by atoms with Gasteiger partial charge in [0.25, 0.3) is 0 Å². The van der Waals surface area contributed by atoms with Crippen LogP contribution in [0, 0.1) is 6.92 Å². The van der Waals surface area contributed by atoms with E-state index in [1.54, 1.807) is 0 Å². The van der Waals surface area contributed by atoms with Crippen molar-refractivity contribution in [3.63, 3.8) is 0 Å². The van der Waals surface area contributed by atoms with Gasteiger partial charge >= 0.3 is 0 Å². The number of fused-ring (bicyclic) bond motifs is 1. The first-order chi connectivity index (χ1) is 5.79. The summed E-state index contributed by atoms with van der Waals surface area (Å²) >= 11 is 3.51. The Hall–Kier alpha value is -0.440. The normalized spacial score (nSPS) is 16.5. The molecule has 0 aliphatic carbocycles. The van der Waals surface area contributed by atoms with E-state index in [2.05, 4.69) is 33.2 Å². The number of aryl methyl sites for hydroxylation is 1. The molecule has 66 valence electrons. The SMILES string of the molecule is Cc1c(Br)[nH]c2c1NCCCC2. The molecule has 1 aliphatic heterocycles. The molecule has 0 unspecified atom stereocenters. The summed E-state index contributed by atoms with van der Waals surface area (Å²) in [6.45, 7) is 3.25. The molecule has 2 N–H and O–H groups in total. The van der Waals surface area contributed by atoms with Gasteiger partial charge in [-0.2, -0.15) is 0 Å². The van der Waals surface area contributed by atoms with E-state index in [1.807, 2.05) is 0 Å². The first-order valence-electron chi connectivity index (χ1n) is 4.40. The van der Waals surface area contributed by atoms with Crippen molar-refractivity contribution in [1.29, 1.82) is 0 Å². The van der Waals surface area contributed by atoms with E-state index in [4.69, 9.17) is 0 Å². The predicted molar refractivity (Wildman–Crippen MR) is 54.7 cm³/mol. The lowest BCUT2D eigenvalue weighted by Gasteiger charge is -2.02. The Morgan fingerprint density at radius 1 is 1.33 bits per heavy atom. The van der Waals surface area contributed by atoms with Crippen molar-refractivity contribution in [2.75, 3.05) is 11.9 Å². The molecule has 12 heavy (non-hydrogen) atoms. The smallest absolute Gasteiger partial charge is 0.0873 e. The standard InChI is InChI=1S/C9H13BrN2/c1-6-8-7(12-9(6)10)4-2-3-5-11-8/h11-12H,2-5H2,1H3. The van der Waals surface area contributed by atoms with Gasteiger partial charge in [-0.05, 0) is 42.1 Å². The summed E-state index contributed by atoms with van der Waals surface area (Å²) in [4.78, 5) is 3.36. The first-order valence-corrected chi connectivity index (χ1v) is 5.19. The summed E-state index contributed by atoms with van der Waals surface area (Å²) in [5.74, 6) is 0. The lowest BCUT2D eigenvalue weighted by atomic mass is 10.2. The largest absolute Gasteiger partial charge is 0.383 e. The summed E-state index contributed by atoms with van der Waals surface area (Å²) < 4.78 is 1.13. The van der Waals surface area contributed by atoms with Crippen molar-refractivity contribution in [3.05, 3.63) is 15.9 Å². The second kappa shape index (κ2) is 3.13. The molecule has 1 aromatic heterocycles. The van der Waals surface area contributed by atoms with Gasteiger partial charge in [0, 0.05) is 17.8 Å². The molecule has 2 nitrogen and oxygen atoms in total. The van der Waals surface area contributed by atoms with Gasteiger partial charge in [-0.3, -0.25) is 0 Å². The van der Waals surface area contributed by atoms with E-state index in [-0.39, 0.29) is 0 Å². The van der Waals surface area contributed by atoms with Crippen LogP contribution < -0.4 is 5.32 Å². The summed E-state index contributed by atoms with van der Waals surface area (Å²) in [6.07, 6.45) is 3.74. The Bertz CT molecular complexity index is 291. The number of hydrogen-bond acceptors (Lipinski definition) is 1. The zero-order chi connectivity index (χ0) is 8.55. The van der Waals surface area contributed by atoms with Crippen LogP contribution in [0.3, 0.4) is 0 Å². The molecule has 0 fully saturated rings. The highest BCUT2D eigenvalue weighted by atomic mass is 79.9. The quantitative estimate of drug-likeness (QED) is 0.703. The van der Waals surface area contributed by atoms with Crippen molar-refractivity contribution in [2.45, 2.75) is 26.2 Å². The van der Waals surface area contributed by atoms with Crippen LogP contribution in [0.1, 0.15) is 24.1 Å². The highest BCUT2D eigenvalue weighted by Gasteiger charge is 2.13. The minimum Gasteiger partial charge on any atom is -0.383 e. The number of H-pyrrole nitrogens is 1. The number of aromatic nitrogens is 1. The maximum atomic E-state index is 3.51. The van der Waals surface area contributed by atoms with Gasteiger partial charge in [0.05, 0.1) is 10.3 Å². The molecule has 3 heteroatoms. The van der Waals surface area contributed by atoms with Crippen LogP contribution in [0.2, 0.25) is 0 Å². The van der Waals surface area contributed by atoms with E-state index >= 15 is 0 Å². The first kappa shape index (κ1) is 8.17. The molecule has 0 atom stereocenters. The van der Waals surface area contributed by atoms with Gasteiger partial charge in [-0.1, -0.05) is 0 Å². The Morgan fingerprint density at radius 2 is 2.17 bits per heavy atom. The van der Waals surface area contributed by atoms with Gasteiger partial charge in [0.2, 0.25) is 0 Å². The number of anilines is 1. The number of hydrogen-bond donors (Lipinski definition) is 2. The molecule has 1 aliphatic rings. The summed E-state index contributed by atoms with van der Waals surface area (Å²) in [6, 6.07) is 0. The molecule has 0 amide bonds. The third-order valence-corrected chi connectivity index (χ3v) is 3.21. The third-order valence-electron chi connectivity index (χ3n) is 2.42. The summed E-state index contributed by atoms with van der Waals surface area (Å²) in [5, 5.41) is 3.45. The van der Waals surface area contributed by atoms with E-state index in [0.29, 0.717) is 0 Å². The van der Waals surface area contributed by atoms with E-state index < -0.39 is 0 Å². The van der Waals surface area contributed by atoms with Crippen molar-refractivity contribution >= 4 is 21.6 Å². The molecular formula is C9H13BrN2. The number of nitrogens with one attached hydrogen (secondary N) is 2. The fourth-order valence-electron chi connectivity index (χ4n) is 1.69. The molecule has 2 rings (SSSR count). The zero-order valence-corrected chi connectivity index (χ0v) is 8.79. The molecule has 0 saturated carbocycles. The third kappa shape index (κ3) is 1.26. The minimum atomic E-state index is 1.11. The number of rotatable bonds is 0. The van der Waals surface area contributed by atoms with Crippen molar-refractivity contribution in [1.82, 2.24) is 4.98 Å². The van der Waals surface area contributed by atoms with Crippen LogP contribution in [0.4, 0.5) is 5.69 Å². The van der Waals surface area contributed by atoms with Gasteiger partial charge < -0.3 is 10.3 Å². The van der Waals surface area contributed by atoms with Crippen LogP contribution >= 0.6 is 15.9 Å². The van der Waals surface area contributed by atoms with Crippen molar-refractivity contribution < 1.29 is 0 Å². The lowest BCUT2D eigenvalue weighted by Crippen LogP contribution is -1.99. The fourth-order valence-corrected chi connectivity index (χ4v) is 2.13. The summed E-state index contributed by atoms with van der Waals surface area (Å²) in [5.41, 5.74) is 3.99. The Morgan fingerprint density at radius 3 is 3.00 bits per heavy atom. The molecule has 0 radical (unpaired) electrons. The van der Waals surface area contributed by atoms with Crippen LogP contribution in [0.5, 0.6) is 0 Å². The Kier molecular flexibility index (Phi) is 2.13. The molecule has 0 aromatic carbocycles. The molecule has 1 aromatic rings. The topological polar surface area (TPSA) is 27.8 Å². The maximum Gasteiger partial charge on any atom is 0.0873 e. The van der Waals surface area contributed by atoms with E-state index in [0.717, 1.165) is 11.1 Å². The van der Waals surface area contributed by atoms with E-state index in [1.165, 1.54) is 36.2 Å². The lowest BCUT2D eigenvalue weighted by molar-refractivity contribution is 0.773. The maximum absolute atomic E-state index is 3.51. The molecule has 2 heterocycles. The van der Waals surface area contributed by atoms with Crippen LogP contribution in [0.15, 0.2) is 4.60 Å². The average Bonchev–Trinajstić information content (AvgIpc) is 2.30. The predicted octanol–water partition coefficient (Wildman–Crippen LogP) is 2.83. The van der Waals surface area contributed by atoms with Crippen molar-refractivity contribution in [3.8, 4) is 0 Å². The molecule has 0 spiro atoms. The number of aromatic amines is 1. The average molecular weight is 229 g/mol. The highest BCUT2D eigenvalue weighted by molar-refractivity contribution is 9.10. The van der Waals surface area contributed by atoms with Crippen molar-refractivity contribution in [2.24, 2.45) is 0 Å². The minimum absolute atomic E-state index is 1.11. The number of halogens is 1. The second-order valence-electron chi connectivity index (χ2n) is 3.30. The van der Waals surface area contributed by atoms with Crippen LogP contribution in [-0.2, 0) is 6.42 Å². The molecular weight excluding hydrogens is 216 g/mol. The highest BCUT2D eigenvalue weighted by Crippen LogP contribution is 2.30. The molecule has 0 bridgehead atoms. The molecule has 0 saturated heterocycles. The van der Waals surface area contributed by atoms with Gasteiger partial charge in [-0.25, -0.2) is 0 Å². The van der Waals surface area contributed by atoms with Crippen LogP contribution in [0.25, 0.3) is 0 Å². The van der Waals surface area contributed by atoms with Gasteiger partial charge in [0.1, 0.15) is 0 Å². The Balaban J connectivity index is 2.42.